The third kappa shape index (κ3) is 3.82. The number of halogens is 1. The van der Waals surface area contributed by atoms with Gasteiger partial charge in [-0.05, 0) is 24.6 Å². The molecule has 8 heteroatoms. The average Bonchev–Trinajstić information content (AvgIpc) is 2.73. The van der Waals surface area contributed by atoms with Gasteiger partial charge in [0, 0.05) is 43.0 Å². The Kier molecular flexibility index (Phi) is 5.82. The number of nitriles is 1. The Balaban J connectivity index is 1.78. The fraction of sp³-hybridized carbons (Fsp3) is 0.364. The van der Waals surface area contributed by atoms with Crippen molar-refractivity contribution in [2.45, 2.75) is 19.4 Å². The van der Waals surface area contributed by atoms with Gasteiger partial charge in [-0.1, -0.05) is 23.7 Å². The summed E-state index contributed by atoms with van der Waals surface area (Å²) in [6.45, 7) is 6.28. The van der Waals surface area contributed by atoms with E-state index in [1.54, 1.807) is 22.8 Å². The number of ether oxygens (including phenoxy) is 2. The van der Waals surface area contributed by atoms with Crippen LogP contribution in [0.1, 0.15) is 22.7 Å². The molecule has 2 aliphatic rings. The quantitative estimate of drug-likeness (QED) is 0.806. The minimum atomic E-state index is -0.625. The molecule has 3 heterocycles. The number of hydrogen-bond donors (Lipinski definition) is 1. The van der Waals surface area contributed by atoms with Crippen LogP contribution in [-0.4, -0.2) is 42.3 Å². The lowest BCUT2D eigenvalue weighted by Gasteiger charge is -2.29. The Morgan fingerprint density at radius 3 is 2.73 bits per heavy atom. The molecule has 0 radical (unpaired) electrons. The molecule has 1 atom stereocenters. The van der Waals surface area contributed by atoms with Gasteiger partial charge in [-0.3, -0.25) is 9.69 Å². The maximum absolute atomic E-state index is 13.6. The first-order valence-corrected chi connectivity index (χ1v) is 10.2. The van der Waals surface area contributed by atoms with E-state index in [9.17, 15) is 10.1 Å². The highest BCUT2D eigenvalue weighted by atomic mass is 35.5. The Hall–Kier alpha value is -2.79. The zero-order valence-corrected chi connectivity index (χ0v) is 17.5. The van der Waals surface area contributed by atoms with Crippen molar-refractivity contribution in [2.75, 3.05) is 32.8 Å². The molecule has 2 aromatic rings. The van der Waals surface area contributed by atoms with Crippen molar-refractivity contribution in [1.29, 1.82) is 5.26 Å². The summed E-state index contributed by atoms with van der Waals surface area (Å²) in [5.41, 5.74) is 8.00. The highest BCUT2D eigenvalue weighted by Gasteiger charge is 2.34. The molecule has 1 aromatic heterocycles. The summed E-state index contributed by atoms with van der Waals surface area (Å²) in [5.74, 6) is -0.221. The molecule has 1 fully saturated rings. The van der Waals surface area contributed by atoms with Crippen molar-refractivity contribution in [1.82, 2.24) is 9.47 Å². The van der Waals surface area contributed by atoms with Gasteiger partial charge < -0.3 is 19.8 Å². The van der Waals surface area contributed by atoms with Gasteiger partial charge in [0.1, 0.15) is 17.4 Å². The van der Waals surface area contributed by atoms with E-state index in [-0.39, 0.29) is 17.0 Å². The topological polar surface area (TPSA) is 93.5 Å². The van der Waals surface area contributed by atoms with Gasteiger partial charge in [0.05, 0.1) is 24.7 Å². The van der Waals surface area contributed by atoms with Gasteiger partial charge >= 0.3 is 0 Å². The summed E-state index contributed by atoms with van der Waals surface area (Å²) < 4.78 is 12.8. The number of fused-ring (bicyclic) bond motifs is 1. The third-order valence-corrected chi connectivity index (χ3v) is 5.85. The second kappa shape index (κ2) is 8.52. The molecule has 0 amide bonds. The number of aryl methyl sites for hydroxylation is 1. The van der Waals surface area contributed by atoms with Crippen molar-refractivity contribution in [3.63, 3.8) is 0 Å². The van der Waals surface area contributed by atoms with Crippen molar-refractivity contribution in [3.8, 4) is 11.8 Å². The molecule has 0 spiro atoms. The van der Waals surface area contributed by atoms with E-state index in [2.05, 4.69) is 11.0 Å². The SMILES string of the molecule is Cc1cc2c(c(=O)n1CCN1CCOCC1)[C@@H](c1cccc(Cl)c1)C(C#N)=C(N)O2. The number of benzene rings is 1. The fourth-order valence-corrected chi connectivity index (χ4v) is 4.25. The van der Waals surface area contributed by atoms with Crippen molar-refractivity contribution < 1.29 is 9.47 Å². The van der Waals surface area contributed by atoms with E-state index in [0.717, 1.165) is 30.9 Å². The molecule has 0 aliphatic carbocycles. The summed E-state index contributed by atoms with van der Waals surface area (Å²) in [4.78, 5) is 15.9. The maximum atomic E-state index is 13.6. The first-order chi connectivity index (χ1) is 14.5. The molecule has 30 heavy (non-hydrogen) atoms. The summed E-state index contributed by atoms with van der Waals surface area (Å²) in [7, 11) is 0. The summed E-state index contributed by atoms with van der Waals surface area (Å²) >= 11 is 6.19. The zero-order chi connectivity index (χ0) is 21.3. The minimum absolute atomic E-state index is 0.0137. The number of morpholine rings is 1. The second-order valence-corrected chi connectivity index (χ2v) is 7.89. The van der Waals surface area contributed by atoms with E-state index >= 15 is 0 Å². The Labute approximate surface area is 179 Å². The summed E-state index contributed by atoms with van der Waals surface area (Å²) in [6, 6.07) is 11.1. The molecule has 1 saturated heterocycles. The highest BCUT2D eigenvalue weighted by molar-refractivity contribution is 6.30. The molecule has 0 unspecified atom stereocenters. The first kappa shape index (κ1) is 20.5. The largest absolute Gasteiger partial charge is 0.440 e. The third-order valence-electron chi connectivity index (χ3n) is 5.62. The van der Waals surface area contributed by atoms with Gasteiger partial charge in [0.2, 0.25) is 5.88 Å². The van der Waals surface area contributed by atoms with Crippen molar-refractivity contribution >= 4 is 11.6 Å². The van der Waals surface area contributed by atoms with E-state index in [1.165, 1.54) is 0 Å². The van der Waals surface area contributed by atoms with E-state index < -0.39 is 5.92 Å². The van der Waals surface area contributed by atoms with Gasteiger partial charge in [-0.15, -0.1) is 0 Å². The Bertz CT molecular complexity index is 1100. The van der Waals surface area contributed by atoms with Crippen LogP contribution in [0, 0.1) is 18.3 Å². The predicted octanol–water partition coefficient (Wildman–Crippen LogP) is 2.36. The molecule has 0 saturated carbocycles. The lowest BCUT2D eigenvalue weighted by atomic mass is 9.84. The molecule has 4 rings (SSSR count). The molecule has 0 bridgehead atoms. The predicted molar refractivity (Wildman–Crippen MR) is 113 cm³/mol. The van der Waals surface area contributed by atoms with Crippen LogP contribution in [0.4, 0.5) is 0 Å². The molecule has 156 valence electrons. The average molecular weight is 427 g/mol. The van der Waals surface area contributed by atoms with Crippen LogP contribution in [0.3, 0.4) is 0 Å². The second-order valence-electron chi connectivity index (χ2n) is 7.45. The molecule has 2 aliphatic heterocycles. The van der Waals surface area contributed by atoms with Gasteiger partial charge in [-0.25, -0.2) is 0 Å². The number of nitrogens with zero attached hydrogens (tertiary/aromatic N) is 3. The van der Waals surface area contributed by atoms with Crippen molar-refractivity contribution in [2.24, 2.45) is 5.73 Å². The van der Waals surface area contributed by atoms with Gasteiger partial charge in [-0.2, -0.15) is 5.26 Å². The number of nitrogens with two attached hydrogens (primary N) is 1. The van der Waals surface area contributed by atoms with Crippen LogP contribution in [0.25, 0.3) is 0 Å². The van der Waals surface area contributed by atoms with Crippen LogP contribution in [0.15, 0.2) is 46.6 Å². The van der Waals surface area contributed by atoms with Crippen LogP contribution in [-0.2, 0) is 11.3 Å². The smallest absolute Gasteiger partial charge is 0.258 e. The standard InChI is InChI=1S/C22H23ClN4O3/c1-14-11-18-20(22(28)27(14)6-5-26-7-9-29-10-8-26)19(17(13-24)21(25)30-18)15-3-2-4-16(23)12-15/h2-4,11-12,19H,5-10,25H2,1H3/t19-/m0/s1. The lowest BCUT2D eigenvalue weighted by Crippen LogP contribution is -2.40. The number of allylic oxidation sites excluding steroid dienone is 1. The molecular weight excluding hydrogens is 404 g/mol. The minimum Gasteiger partial charge on any atom is -0.440 e. The van der Waals surface area contributed by atoms with Gasteiger partial charge in [0.25, 0.3) is 5.56 Å². The zero-order valence-electron chi connectivity index (χ0n) is 16.7. The monoisotopic (exact) mass is 426 g/mol. The normalized spacial score (nSPS) is 19.2. The first-order valence-electron chi connectivity index (χ1n) is 9.87. The number of hydrogen-bond acceptors (Lipinski definition) is 6. The van der Waals surface area contributed by atoms with Crippen LogP contribution < -0.4 is 16.0 Å². The van der Waals surface area contributed by atoms with Crippen molar-refractivity contribution in [3.05, 3.63) is 74.0 Å². The molecule has 1 aromatic carbocycles. The van der Waals surface area contributed by atoms with Gasteiger partial charge in [0.15, 0.2) is 0 Å². The number of pyridine rings is 1. The number of rotatable bonds is 4. The molecular formula is C22H23ClN4O3. The van der Waals surface area contributed by atoms with E-state index in [1.807, 2.05) is 19.1 Å². The van der Waals surface area contributed by atoms with Crippen LogP contribution >= 0.6 is 11.6 Å². The summed E-state index contributed by atoms with van der Waals surface area (Å²) in [5, 5.41) is 10.3. The summed E-state index contributed by atoms with van der Waals surface area (Å²) in [6.07, 6.45) is 0. The Morgan fingerprint density at radius 1 is 1.27 bits per heavy atom. The van der Waals surface area contributed by atoms with E-state index in [4.69, 9.17) is 26.8 Å². The van der Waals surface area contributed by atoms with Crippen LogP contribution in [0.2, 0.25) is 5.02 Å². The highest BCUT2D eigenvalue weighted by Crippen LogP contribution is 2.40. The maximum Gasteiger partial charge on any atom is 0.258 e. The van der Waals surface area contributed by atoms with E-state index in [0.29, 0.717) is 36.1 Å². The Morgan fingerprint density at radius 2 is 2.03 bits per heavy atom. The fourth-order valence-electron chi connectivity index (χ4n) is 4.05. The number of aromatic nitrogens is 1. The molecule has 7 nitrogen and oxygen atoms in total. The van der Waals surface area contributed by atoms with Crippen LogP contribution in [0.5, 0.6) is 5.75 Å². The molecule has 2 N–H and O–H groups in total. The lowest BCUT2D eigenvalue weighted by molar-refractivity contribution is 0.0362.